The molecule has 1 aromatic rings. The fraction of sp³-hybridized carbons (Fsp3) is 0.500. The second-order valence-corrected chi connectivity index (χ2v) is 5.87. The van der Waals surface area contributed by atoms with Crippen LogP contribution in [-0.2, 0) is 11.3 Å². The van der Waals surface area contributed by atoms with Crippen LogP contribution in [0.1, 0.15) is 24.0 Å². The third-order valence-electron chi connectivity index (χ3n) is 3.17. The van der Waals surface area contributed by atoms with Crippen molar-refractivity contribution in [3.8, 4) is 5.75 Å². The monoisotopic (exact) mass is 326 g/mol. The highest BCUT2D eigenvalue weighted by molar-refractivity contribution is 9.10. The molecule has 0 atom stereocenters. The molecule has 0 unspecified atom stereocenters. The molecule has 5 heteroatoms. The molecule has 3 N–H and O–H groups in total. The van der Waals surface area contributed by atoms with Crippen LogP contribution in [-0.4, -0.2) is 19.1 Å². The van der Waals surface area contributed by atoms with Gasteiger partial charge in [0.2, 0.25) is 0 Å². The van der Waals surface area contributed by atoms with E-state index in [0.29, 0.717) is 18.2 Å². The SMILES string of the molecule is Cc1cc(Br)cc(CN)c1OCC(=O)NCC1CC1. The Bertz CT molecular complexity index is 473. The molecule has 0 spiro atoms. The van der Waals surface area contributed by atoms with Gasteiger partial charge in [0.1, 0.15) is 5.75 Å². The first-order valence-electron chi connectivity index (χ1n) is 6.48. The number of benzene rings is 1. The molecule has 0 radical (unpaired) electrons. The lowest BCUT2D eigenvalue weighted by atomic mass is 10.1. The van der Waals surface area contributed by atoms with Crippen molar-refractivity contribution in [1.82, 2.24) is 5.32 Å². The van der Waals surface area contributed by atoms with Crippen LogP contribution in [0.15, 0.2) is 16.6 Å². The highest BCUT2D eigenvalue weighted by Gasteiger charge is 2.21. The fourth-order valence-corrected chi connectivity index (χ4v) is 2.55. The van der Waals surface area contributed by atoms with E-state index >= 15 is 0 Å². The van der Waals surface area contributed by atoms with Gasteiger partial charge in [-0.2, -0.15) is 0 Å². The fourth-order valence-electron chi connectivity index (χ4n) is 1.93. The zero-order chi connectivity index (χ0) is 13.8. The molecule has 0 aliphatic heterocycles. The summed E-state index contributed by atoms with van der Waals surface area (Å²) in [4.78, 5) is 11.6. The molecule has 0 aromatic heterocycles. The Morgan fingerprint density at radius 3 is 2.89 bits per heavy atom. The molecule has 0 bridgehead atoms. The lowest BCUT2D eigenvalue weighted by Gasteiger charge is -2.14. The summed E-state index contributed by atoms with van der Waals surface area (Å²) in [7, 11) is 0. The topological polar surface area (TPSA) is 64.3 Å². The van der Waals surface area contributed by atoms with Crippen molar-refractivity contribution >= 4 is 21.8 Å². The van der Waals surface area contributed by atoms with Gasteiger partial charge in [-0.05, 0) is 43.4 Å². The number of carbonyl (C=O) groups excluding carboxylic acids is 1. The molecule has 104 valence electrons. The minimum atomic E-state index is -0.0720. The van der Waals surface area contributed by atoms with Gasteiger partial charge in [0, 0.05) is 23.1 Å². The van der Waals surface area contributed by atoms with Crippen LogP contribution >= 0.6 is 15.9 Å². The average molecular weight is 327 g/mol. The van der Waals surface area contributed by atoms with Gasteiger partial charge < -0.3 is 15.8 Å². The largest absolute Gasteiger partial charge is 0.483 e. The smallest absolute Gasteiger partial charge is 0.257 e. The van der Waals surface area contributed by atoms with E-state index in [4.69, 9.17) is 10.5 Å². The number of ether oxygens (including phenoxy) is 1. The van der Waals surface area contributed by atoms with Gasteiger partial charge in [-0.3, -0.25) is 4.79 Å². The lowest BCUT2D eigenvalue weighted by molar-refractivity contribution is -0.123. The molecule has 1 saturated carbocycles. The number of nitrogens with two attached hydrogens (primary N) is 1. The molecular formula is C14H19BrN2O2. The Balaban J connectivity index is 1.92. The van der Waals surface area contributed by atoms with Crippen molar-refractivity contribution in [1.29, 1.82) is 0 Å². The minimum absolute atomic E-state index is 0.0438. The van der Waals surface area contributed by atoms with E-state index in [1.165, 1.54) is 12.8 Å². The molecule has 1 aromatic carbocycles. The molecule has 0 heterocycles. The first-order chi connectivity index (χ1) is 9.10. The third kappa shape index (κ3) is 4.21. The first kappa shape index (κ1) is 14.3. The first-order valence-corrected chi connectivity index (χ1v) is 7.28. The Hall–Kier alpha value is -1.07. The number of hydrogen-bond acceptors (Lipinski definition) is 3. The molecule has 4 nitrogen and oxygen atoms in total. The lowest BCUT2D eigenvalue weighted by Crippen LogP contribution is -2.30. The number of carbonyl (C=O) groups is 1. The number of aryl methyl sites for hydroxylation is 1. The summed E-state index contributed by atoms with van der Waals surface area (Å²) in [6, 6.07) is 3.88. The number of halogens is 1. The highest BCUT2D eigenvalue weighted by atomic mass is 79.9. The Morgan fingerprint density at radius 2 is 2.26 bits per heavy atom. The van der Waals surface area contributed by atoms with Crippen molar-refractivity contribution < 1.29 is 9.53 Å². The van der Waals surface area contributed by atoms with Crippen molar-refractivity contribution in [2.24, 2.45) is 11.7 Å². The van der Waals surface area contributed by atoms with E-state index in [9.17, 15) is 4.79 Å². The van der Waals surface area contributed by atoms with Gasteiger partial charge in [-0.1, -0.05) is 15.9 Å². The van der Waals surface area contributed by atoms with Gasteiger partial charge >= 0.3 is 0 Å². The predicted molar refractivity (Wildman–Crippen MR) is 78.0 cm³/mol. The predicted octanol–water partition coefficient (Wildman–Crippen LogP) is 2.12. The van der Waals surface area contributed by atoms with Crippen LogP contribution in [0, 0.1) is 12.8 Å². The van der Waals surface area contributed by atoms with E-state index in [-0.39, 0.29) is 12.5 Å². The van der Waals surface area contributed by atoms with Gasteiger partial charge in [0.15, 0.2) is 6.61 Å². The van der Waals surface area contributed by atoms with Crippen molar-refractivity contribution in [2.75, 3.05) is 13.2 Å². The maximum atomic E-state index is 11.6. The quantitative estimate of drug-likeness (QED) is 0.841. The maximum Gasteiger partial charge on any atom is 0.257 e. The van der Waals surface area contributed by atoms with Gasteiger partial charge in [-0.15, -0.1) is 0 Å². The van der Waals surface area contributed by atoms with Crippen LogP contribution in [0.4, 0.5) is 0 Å². The van der Waals surface area contributed by atoms with Crippen molar-refractivity contribution in [3.05, 3.63) is 27.7 Å². The Labute approximate surface area is 121 Å². The average Bonchev–Trinajstić information content (AvgIpc) is 3.18. The molecule has 1 fully saturated rings. The van der Waals surface area contributed by atoms with Crippen LogP contribution in [0.3, 0.4) is 0 Å². The van der Waals surface area contributed by atoms with Crippen molar-refractivity contribution in [3.63, 3.8) is 0 Å². The van der Waals surface area contributed by atoms with Crippen LogP contribution in [0.5, 0.6) is 5.75 Å². The zero-order valence-corrected chi connectivity index (χ0v) is 12.6. The molecule has 2 rings (SSSR count). The number of amides is 1. The Morgan fingerprint density at radius 1 is 1.53 bits per heavy atom. The molecule has 0 saturated heterocycles. The van der Waals surface area contributed by atoms with Gasteiger partial charge in [0.05, 0.1) is 0 Å². The van der Waals surface area contributed by atoms with Crippen LogP contribution in [0.25, 0.3) is 0 Å². The summed E-state index contributed by atoms with van der Waals surface area (Å²) in [5.74, 6) is 1.32. The normalized spacial score (nSPS) is 14.3. The summed E-state index contributed by atoms with van der Waals surface area (Å²) < 4.78 is 6.58. The minimum Gasteiger partial charge on any atom is -0.483 e. The van der Waals surface area contributed by atoms with Gasteiger partial charge in [-0.25, -0.2) is 0 Å². The summed E-state index contributed by atoms with van der Waals surface area (Å²) >= 11 is 3.43. The third-order valence-corrected chi connectivity index (χ3v) is 3.63. The maximum absolute atomic E-state index is 11.6. The van der Waals surface area contributed by atoms with E-state index < -0.39 is 0 Å². The van der Waals surface area contributed by atoms with Gasteiger partial charge in [0.25, 0.3) is 5.91 Å². The zero-order valence-electron chi connectivity index (χ0n) is 11.0. The Kier molecular flexibility index (Phi) is 4.82. The molecule has 1 aliphatic carbocycles. The number of nitrogens with one attached hydrogen (secondary N) is 1. The standard InChI is InChI=1S/C14H19BrN2O2/c1-9-4-12(15)5-11(6-16)14(9)19-8-13(18)17-7-10-2-3-10/h4-5,10H,2-3,6-8,16H2,1H3,(H,17,18). The summed E-state index contributed by atoms with van der Waals surface area (Å²) in [5.41, 5.74) is 7.58. The summed E-state index contributed by atoms with van der Waals surface area (Å²) in [5, 5.41) is 2.88. The van der Waals surface area contributed by atoms with Crippen LogP contribution in [0.2, 0.25) is 0 Å². The highest BCUT2D eigenvalue weighted by Crippen LogP contribution is 2.28. The van der Waals surface area contributed by atoms with Crippen molar-refractivity contribution in [2.45, 2.75) is 26.3 Å². The summed E-state index contributed by atoms with van der Waals surface area (Å²) in [6.07, 6.45) is 2.45. The molecule has 1 amide bonds. The van der Waals surface area contributed by atoms with E-state index in [0.717, 1.165) is 22.1 Å². The second-order valence-electron chi connectivity index (χ2n) is 4.95. The van der Waals surface area contributed by atoms with E-state index in [2.05, 4.69) is 21.2 Å². The second kappa shape index (κ2) is 6.39. The summed E-state index contributed by atoms with van der Waals surface area (Å²) in [6.45, 7) is 3.15. The number of rotatable bonds is 6. The van der Waals surface area contributed by atoms with E-state index in [1.54, 1.807) is 0 Å². The van der Waals surface area contributed by atoms with Crippen LogP contribution < -0.4 is 15.8 Å². The van der Waals surface area contributed by atoms with E-state index in [1.807, 2.05) is 19.1 Å². The molecular weight excluding hydrogens is 308 g/mol. The molecule has 1 aliphatic rings. The number of hydrogen-bond donors (Lipinski definition) is 2. The molecule has 19 heavy (non-hydrogen) atoms.